The van der Waals surface area contributed by atoms with Crippen LogP contribution in [0.2, 0.25) is 0 Å². The van der Waals surface area contributed by atoms with Crippen LogP contribution in [0.4, 0.5) is 0 Å². The van der Waals surface area contributed by atoms with Crippen LogP contribution in [-0.2, 0) is 27.1 Å². The monoisotopic (exact) mass is 1220 g/mol. The summed E-state index contributed by atoms with van der Waals surface area (Å²) in [5, 5.41) is 1.67. The summed E-state index contributed by atoms with van der Waals surface area (Å²) in [5.74, 6) is 1.14. The Bertz CT molecular complexity index is 5490. The molecule has 0 aliphatic carbocycles. The van der Waals surface area contributed by atoms with Crippen molar-refractivity contribution in [1.82, 2.24) is 14.1 Å². The van der Waals surface area contributed by atoms with Crippen LogP contribution in [-0.4, -0.2) is 14.1 Å². The first-order valence-electron chi connectivity index (χ1n) is 38.1. The molecule has 10 aromatic carbocycles. The van der Waals surface area contributed by atoms with Gasteiger partial charge < -0.3 is 4.74 Å². The van der Waals surface area contributed by atoms with Gasteiger partial charge in [0, 0.05) is 32.7 Å². The number of rotatable bonds is 10. The van der Waals surface area contributed by atoms with Crippen LogP contribution in [0.5, 0.6) is 11.5 Å². The molecule has 0 bridgehead atoms. The molecular formula is C87H86N4O. The number of pyridine rings is 1. The van der Waals surface area contributed by atoms with E-state index in [-0.39, 0.29) is 67.2 Å². The Labute approximate surface area is 564 Å². The second-order valence-corrected chi connectivity index (χ2v) is 29.5. The summed E-state index contributed by atoms with van der Waals surface area (Å²) < 4.78 is 128. The summed E-state index contributed by atoms with van der Waals surface area (Å²) in [4.78, 5) is 4.81. The third-order valence-electron chi connectivity index (χ3n) is 17.7. The molecule has 13 rings (SSSR count). The lowest BCUT2D eigenvalue weighted by Gasteiger charge is -2.28. The van der Waals surface area contributed by atoms with Gasteiger partial charge in [-0.05, 0) is 178 Å². The third kappa shape index (κ3) is 11.9. The number of fused-ring (bicyclic) bond motifs is 4. The first kappa shape index (κ1) is 47.4. The fourth-order valence-electron chi connectivity index (χ4n) is 12.2. The minimum absolute atomic E-state index is 0.0829. The number of para-hydroxylation sites is 1. The zero-order valence-electron chi connectivity index (χ0n) is 68.4. The van der Waals surface area contributed by atoms with Crippen molar-refractivity contribution in [2.75, 3.05) is 0 Å². The number of hydrogen-bond donors (Lipinski definition) is 0. The molecule has 13 aromatic rings. The molecular weight excluding hydrogens is 1120 g/mol. The first-order valence-corrected chi connectivity index (χ1v) is 31.6. The average Bonchev–Trinajstić information content (AvgIpc) is 1.70. The van der Waals surface area contributed by atoms with Gasteiger partial charge in [0.25, 0.3) is 6.33 Å². The molecule has 0 atom stereocenters. The van der Waals surface area contributed by atoms with Crippen LogP contribution in [0.1, 0.15) is 155 Å². The Morgan fingerprint density at radius 2 is 0.957 bits per heavy atom. The van der Waals surface area contributed by atoms with Gasteiger partial charge in [0.05, 0.1) is 47.1 Å². The highest BCUT2D eigenvalue weighted by Crippen LogP contribution is 2.45. The van der Waals surface area contributed by atoms with Crippen LogP contribution in [0.15, 0.2) is 230 Å². The van der Waals surface area contributed by atoms with E-state index in [0.717, 1.165) is 83.1 Å². The van der Waals surface area contributed by atoms with Crippen molar-refractivity contribution in [2.24, 2.45) is 0 Å². The predicted octanol–water partition coefficient (Wildman–Crippen LogP) is 23.1. The zero-order valence-corrected chi connectivity index (χ0v) is 55.4. The van der Waals surface area contributed by atoms with E-state index in [1.807, 2.05) is 88.0 Å². The topological polar surface area (TPSA) is 35.9 Å². The molecule has 0 spiro atoms. The van der Waals surface area contributed by atoms with Gasteiger partial charge >= 0.3 is 0 Å². The van der Waals surface area contributed by atoms with E-state index in [0.29, 0.717) is 33.8 Å². The Balaban J connectivity index is 1.07. The summed E-state index contributed by atoms with van der Waals surface area (Å²) in [5.41, 5.74) is 13.7. The Kier molecular flexibility index (Phi) is 11.8. The SMILES string of the molecule is [2H]c1c([2H])c([2H])c(-c2cc(-c3cc(C(C)(C)C)cc(C(C)(C)C)c3)c(-[n+]3[c-]n(-c4cccc(Oc5ccc6c7ccccc7n(-c7cc(C([2H])([2H])[2H])c(-c8c([2H])c([2H])c([2H])c([2H])c8[2H])cn7)c6c5)c4)c4cc(-c5ccc(C(C)(C)C)cc5)ccc43)c(-c3cc(C(C)(C)C)cc(C(C)(C)C)c3)c2)c([2H])c1[2H]. The molecule has 0 fully saturated rings. The highest BCUT2D eigenvalue weighted by molar-refractivity contribution is 6.09. The molecule has 3 aromatic heterocycles. The summed E-state index contributed by atoms with van der Waals surface area (Å²) >= 11 is 0. The number of aryl methyl sites for hydroxylation is 1. The molecule has 0 amide bonds. The number of ether oxygens (including phenoxy) is 1. The molecule has 92 heavy (non-hydrogen) atoms. The van der Waals surface area contributed by atoms with Gasteiger partial charge in [0.15, 0.2) is 0 Å². The lowest BCUT2D eigenvalue weighted by molar-refractivity contribution is -0.571. The Hall–Kier alpha value is -9.58. The molecule has 460 valence electrons. The smallest absolute Gasteiger partial charge is 0.269 e. The maximum Gasteiger partial charge on any atom is 0.269 e. The second-order valence-electron chi connectivity index (χ2n) is 29.5. The largest absolute Gasteiger partial charge is 0.458 e. The molecule has 0 unspecified atom stereocenters. The van der Waals surface area contributed by atoms with Gasteiger partial charge in [-0.2, -0.15) is 0 Å². The maximum absolute atomic E-state index is 9.58. The summed E-state index contributed by atoms with van der Waals surface area (Å²) in [6, 6.07) is 50.5. The van der Waals surface area contributed by atoms with Crippen molar-refractivity contribution in [3.63, 3.8) is 0 Å². The van der Waals surface area contributed by atoms with E-state index in [1.165, 1.54) is 17.8 Å². The van der Waals surface area contributed by atoms with Crippen molar-refractivity contribution in [3.05, 3.63) is 270 Å². The van der Waals surface area contributed by atoms with E-state index in [2.05, 4.69) is 194 Å². The molecule has 0 aliphatic rings. The predicted molar refractivity (Wildman–Crippen MR) is 388 cm³/mol. The normalized spacial score (nSPS) is 14.7. The van der Waals surface area contributed by atoms with E-state index in [9.17, 15) is 2.74 Å². The molecule has 0 saturated heterocycles. The minimum Gasteiger partial charge on any atom is -0.458 e. The lowest BCUT2D eigenvalue weighted by atomic mass is 9.77. The molecule has 5 nitrogen and oxygen atoms in total. The van der Waals surface area contributed by atoms with Gasteiger partial charge in [0.2, 0.25) is 0 Å². The van der Waals surface area contributed by atoms with E-state index < -0.39 is 55.2 Å². The van der Waals surface area contributed by atoms with Gasteiger partial charge in [-0.1, -0.05) is 261 Å². The van der Waals surface area contributed by atoms with Crippen molar-refractivity contribution < 1.29 is 27.1 Å². The fraction of sp³-hybridized carbons (Fsp3) is 0.241. The summed E-state index contributed by atoms with van der Waals surface area (Å²) in [6.07, 6.45) is 5.23. The standard InChI is InChI=1S/C87H86N4O/c1-56-42-81(88-54-76(56)59-28-21-18-22-29-59)91-77-33-24-23-32-72(77)73-40-39-71(53-79(73)91)92-70-31-25-30-69(52-70)89-55-90(78-41-36-60(49-80(78)89)58-34-37-64(38-35-58)83(2,3)4)82-74(62-43-65(84(5,6)7)50-66(44-62)85(8,9)10)47-61(57-26-19-17-20-27-57)48-75(82)63-45-67(86(11,12)13)51-68(46-63)87(14,15)16/h17-54H,1-16H3/i1D3,17D,18D,19D,20D,21D,22D,26D,27D,28D,29D. The molecule has 0 aliphatic heterocycles. The van der Waals surface area contributed by atoms with E-state index in [1.54, 1.807) is 0 Å². The maximum atomic E-state index is 9.58. The van der Waals surface area contributed by atoms with E-state index >= 15 is 0 Å². The first-order chi connectivity index (χ1) is 49.0. The van der Waals surface area contributed by atoms with Crippen molar-refractivity contribution in [2.45, 2.75) is 138 Å². The summed E-state index contributed by atoms with van der Waals surface area (Å²) in [6.45, 7) is 30.3. The lowest BCUT2D eigenvalue weighted by Crippen LogP contribution is -2.32. The highest BCUT2D eigenvalue weighted by atomic mass is 16.5. The number of benzene rings is 10. The molecule has 0 N–H and O–H groups in total. The number of nitrogens with zero attached hydrogens (tertiary/aromatic N) is 4. The quantitative estimate of drug-likeness (QED) is 0.101. The Morgan fingerprint density at radius 1 is 0.413 bits per heavy atom. The summed E-state index contributed by atoms with van der Waals surface area (Å²) in [7, 11) is 0. The zero-order chi connectivity index (χ0) is 76.0. The molecule has 5 heteroatoms. The van der Waals surface area contributed by atoms with Gasteiger partial charge in [-0.3, -0.25) is 13.7 Å². The van der Waals surface area contributed by atoms with Gasteiger partial charge in [0.1, 0.15) is 17.3 Å². The van der Waals surface area contributed by atoms with Crippen LogP contribution in [0.25, 0.3) is 106 Å². The molecule has 3 heterocycles. The van der Waals surface area contributed by atoms with Crippen LogP contribution in [0.3, 0.4) is 0 Å². The van der Waals surface area contributed by atoms with Gasteiger partial charge in [-0.25, -0.2) is 4.98 Å². The van der Waals surface area contributed by atoms with Crippen molar-refractivity contribution in [3.8, 4) is 84.3 Å². The van der Waals surface area contributed by atoms with Crippen LogP contribution in [0, 0.1) is 13.2 Å². The molecule has 0 saturated carbocycles. The van der Waals surface area contributed by atoms with E-state index in [4.69, 9.17) is 24.8 Å². The van der Waals surface area contributed by atoms with Crippen molar-refractivity contribution in [1.29, 1.82) is 0 Å². The molecule has 0 radical (unpaired) electrons. The fourth-order valence-corrected chi connectivity index (χ4v) is 12.2. The van der Waals surface area contributed by atoms with Crippen LogP contribution < -0.4 is 9.30 Å². The number of imidazole rings is 1. The average molecular weight is 1220 g/mol. The van der Waals surface area contributed by atoms with Crippen LogP contribution >= 0.6 is 0 Å². The number of hydrogen-bond acceptors (Lipinski definition) is 2. The minimum atomic E-state index is -2.80. The third-order valence-corrected chi connectivity index (χ3v) is 17.7. The highest BCUT2D eigenvalue weighted by Gasteiger charge is 2.29. The Morgan fingerprint density at radius 3 is 1.53 bits per heavy atom. The van der Waals surface area contributed by atoms with Gasteiger partial charge in [-0.15, -0.1) is 0 Å². The second kappa shape index (κ2) is 23.0. The van der Waals surface area contributed by atoms with Crippen molar-refractivity contribution >= 4 is 32.8 Å². The number of aromatic nitrogens is 4.